The summed E-state index contributed by atoms with van der Waals surface area (Å²) in [6.45, 7) is 1.79. The fourth-order valence-corrected chi connectivity index (χ4v) is 4.97. The minimum absolute atomic E-state index is 0.0130. The minimum Gasteiger partial charge on any atom is -0.510 e. The summed E-state index contributed by atoms with van der Waals surface area (Å²) in [7, 11) is 0. The summed E-state index contributed by atoms with van der Waals surface area (Å²) < 4.78 is 0. The van der Waals surface area contributed by atoms with Gasteiger partial charge in [0.05, 0.1) is 11.6 Å². The van der Waals surface area contributed by atoms with Crippen molar-refractivity contribution in [1.82, 2.24) is 0 Å². The number of Topliss-reactive ketones (excluding diaryl/α,β-unsaturated/α-hetero) is 2. The highest BCUT2D eigenvalue weighted by atomic mass is 16.3. The van der Waals surface area contributed by atoms with E-state index in [1.54, 1.807) is 19.1 Å². The number of rotatable bonds is 1. The van der Waals surface area contributed by atoms with Gasteiger partial charge in [0.25, 0.3) is 5.91 Å². The van der Waals surface area contributed by atoms with E-state index in [1.807, 2.05) is 0 Å². The van der Waals surface area contributed by atoms with Crippen LogP contribution in [0.4, 0.5) is 0 Å². The number of fused-ring (bicyclic) bond motifs is 3. The van der Waals surface area contributed by atoms with E-state index in [1.165, 1.54) is 6.07 Å². The van der Waals surface area contributed by atoms with E-state index in [0.29, 0.717) is 5.56 Å². The van der Waals surface area contributed by atoms with Gasteiger partial charge in [0.1, 0.15) is 22.8 Å². The van der Waals surface area contributed by atoms with Crippen LogP contribution >= 0.6 is 0 Å². The lowest BCUT2D eigenvalue weighted by Gasteiger charge is -2.49. The molecule has 152 valence electrons. The van der Waals surface area contributed by atoms with Crippen LogP contribution in [0.1, 0.15) is 35.2 Å². The number of primary amides is 1. The molecule has 0 saturated heterocycles. The lowest BCUT2D eigenvalue weighted by molar-refractivity contribution is -0.145. The number of amides is 1. The van der Waals surface area contributed by atoms with E-state index < -0.39 is 58.0 Å². The number of ketones is 2. The Balaban J connectivity index is 1.98. The van der Waals surface area contributed by atoms with Gasteiger partial charge in [-0.1, -0.05) is 19.1 Å². The maximum Gasteiger partial charge on any atom is 0.255 e. The van der Waals surface area contributed by atoms with Crippen molar-refractivity contribution in [2.75, 3.05) is 0 Å². The first kappa shape index (κ1) is 19.2. The number of aliphatic hydroxyl groups is 3. The summed E-state index contributed by atoms with van der Waals surface area (Å²) in [6.07, 6.45) is -0.0130. The van der Waals surface area contributed by atoms with E-state index in [9.17, 15) is 34.8 Å². The monoisotopic (exact) mass is 400 g/mol. The summed E-state index contributed by atoms with van der Waals surface area (Å²) in [6, 6.07) is 3.25. The Labute approximate surface area is 164 Å². The molecule has 0 aromatic heterocycles. The van der Waals surface area contributed by atoms with Crippen molar-refractivity contribution in [3.63, 3.8) is 0 Å². The molecule has 1 unspecified atom stereocenters. The number of carbonyl (C=O) groups is 3. The zero-order valence-electron chi connectivity index (χ0n) is 15.4. The molecule has 29 heavy (non-hydrogen) atoms. The van der Waals surface area contributed by atoms with Gasteiger partial charge in [0.15, 0.2) is 11.4 Å². The predicted octanol–water partition coefficient (Wildman–Crippen LogP) is 0.0787. The number of phenolic OH excluding ortho intramolecular Hbond substituents is 1. The first-order valence-electron chi connectivity index (χ1n) is 9.09. The van der Waals surface area contributed by atoms with E-state index in [2.05, 4.69) is 0 Å². The number of hydrogen-bond donors (Lipinski definition) is 6. The standard InChI is InChI=1S/C20H20N2O7/c1-6-7-3-2-4-10(23)11(7)15(24)12-8(6)5-9-14(21)16(25)13(19(22)28)18(27)20(9,29)17(12)26/h2-4,6,8-9,14,23,25-26,29H,5,21H2,1H3,(H2,22,28)/t6-,8?,9-,14-,20-/m0/s1. The normalized spacial score (nSPS) is 33.9. The molecule has 0 fully saturated rings. The molecule has 0 bridgehead atoms. The molecule has 0 heterocycles. The second kappa shape index (κ2) is 5.91. The topological polar surface area (TPSA) is 184 Å². The molecule has 5 atom stereocenters. The van der Waals surface area contributed by atoms with Gasteiger partial charge < -0.3 is 31.9 Å². The number of nitrogens with two attached hydrogens (primary N) is 2. The van der Waals surface area contributed by atoms with Gasteiger partial charge >= 0.3 is 0 Å². The highest BCUT2D eigenvalue weighted by Crippen LogP contribution is 2.54. The van der Waals surface area contributed by atoms with Crippen LogP contribution in [-0.2, 0) is 9.59 Å². The summed E-state index contributed by atoms with van der Waals surface area (Å²) >= 11 is 0. The molecule has 8 N–H and O–H groups in total. The first-order chi connectivity index (χ1) is 13.5. The van der Waals surface area contributed by atoms with Crippen molar-refractivity contribution in [2.45, 2.75) is 30.9 Å². The molecule has 0 saturated carbocycles. The van der Waals surface area contributed by atoms with Gasteiger partial charge in [-0.15, -0.1) is 0 Å². The van der Waals surface area contributed by atoms with Crippen molar-refractivity contribution >= 4 is 17.5 Å². The average Bonchev–Trinajstić information content (AvgIpc) is 2.66. The van der Waals surface area contributed by atoms with Gasteiger partial charge in [0.2, 0.25) is 5.78 Å². The predicted molar refractivity (Wildman–Crippen MR) is 98.9 cm³/mol. The van der Waals surface area contributed by atoms with Crippen molar-refractivity contribution in [3.8, 4) is 5.75 Å². The number of allylic oxidation sites excluding steroid dienone is 1. The number of aliphatic hydroxyl groups excluding tert-OH is 2. The number of hydrogen-bond acceptors (Lipinski definition) is 8. The zero-order valence-corrected chi connectivity index (χ0v) is 15.4. The zero-order chi connectivity index (χ0) is 21.4. The molecule has 4 rings (SSSR count). The lowest BCUT2D eigenvalue weighted by Crippen LogP contribution is -2.63. The van der Waals surface area contributed by atoms with Crippen LogP contribution in [0.3, 0.4) is 0 Å². The van der Waals surface area contributed by atoms with Gasteiger partial charge in [-0.2, -0.15) is 0 Å². The highest BCUT2D eigenvalue weighted by molar-refractivity contribution is 6.24. The van der Waals surface area contributed by atoms with E-state index in [0.717, 1.165) is 0 Å². The third kappa shape index (κ3) is 2.19. The van der Waals surface area contributed by atoms with Gasteiger partial charge in [0, 0.05) is 11.5 Å². The third-order valence-corrected chi connectivity index (χ3v) is 6.50. The van der Waals surface area contributed by atoms with Crippen LogP contribution in [0.25, 0.3) is 0 Å². The highest BCUT2D eigenvalue weighted by Gasteiger charge is 2.62. The Morgan fingerprint density at radius 3 is 2.48 bits per heavy atom. The molecule has 0 radical (unpaired) electrons. The van der Waals surface area contributed by atoms with Crippen molar-refractivity contribution in [1.29, 1.82) is 0 Å². The Hall–Kier alpha value is -3.17. The molecule has 9 nitrogen and oxygen atoms in total. The molecule has 9 heteroatoms. The number of aromatic hydroxyl groups is 1. The minimum atomic E-state index is -2.68. The molecule has 3 aliphatic rings. The fraction of sp³-hybridized carbons (Fsp3) is 0.350. The summed E-state index contributed by atoms with van der Waals surface area (Å²) in [5, 5.41) is 42.6. The number of carbonyl (C=O) groups excluding carboxylic acids is 3. The Bertz CT molecular complexity index is 1060. The summed E-state index contributed by atoms with van der Waals surface area (Å²) in [4.78, 5) is 37.7. The van der Waals surface area contributed by atoms with Crippen molar-refractivity contribution < 1.29 is 34.8 Å². The summed E-state index contributed by atoms with van der Waals surface area (Å²) in [5.41, 5.74) is 7.92. The van der Waals surface area contributed by atoms with Crippen molar-refractivity contribution in [3.05, 3.63) is 52.0 Å². The molecule has 0 spiro atoms. The third-order valence-electron chi connectivity index (χ3n) is 6.50. The first-order valence-corrected chi connectivity index (χ1v) is 9.09. The molecular formula is C20H20N2O7. The van der Waals surface area contributed by atoms with Crippen LogP contribution in [0.15, 0.2) is 40.9 Å². The quantitative estimate of drug-likeness (QED) is 0.358. The fourth-order valence-electron chi connectivity index (χ4n) is 4.97. The van der Waals surface area contributed by atoms with Gasteiger partial charge in [-0.3, -0.25) is 14.4 Å². The van der Waals surface area contributed by atoms with Crippen LogP contribution in [-0.4, -0.2) is 49.5 Å². The molecular weight excluding hydrogens is 380 g/mol. The maximum atomic E-state index is 13.1. The SMILES string of the molecule is C[C@H]1c2cccc(O)c2C(=O)C2=C(O)[C@]3(O)C(=O)C(C(N)=O)=C(O)[C@@H](N)[C@@H]3CC21. The van der Waals surface area contributed by atoms with E-state index >= 15 is 0 Å². The van der Waals surface area contributed by atoms with Crippen LogP contribution < -0.4 is 11.5 Å². The average molecular weight is 400 g/mol. The molecule has 1 aromatic carbocycles. The second-order valence-corrected chi connectivity index (χ2v) is 7.82. The van der Waals surface area contributed by atoms with E-state index in [4.69, 9.17) is 11.5 Å². The van der Waals surface area contributed by atoms with Gasteiger partial charge in [-0.25, -0.2) is 0 Å². The van der Waals surface area contributed by atoms with Crippen LogP contribution in [0.5, 0.6) is 5.75 Å². The Morgan fingerprint density at radius 2 is 1.86 bits per heavy atom. The largest absolute Gasteiger partial charge is 0.510 e. The summed E-state index contributed by atoms with van der Waals surface area (Å²) in [5.74, 6) is -7.44. The van der Waals surface area contributed by atoms with Crippen LogP contribution in [0.2, 0.25) is 0 Å². The smallest absolute Gasteiger partial charge is 0.255 e. The lowest BCUT2D eigenvalue weighted by atomic mass is 9.57. The molecule has 0 aliphatic heterocycles. The Morgan fingerprint density at radius 1 is 1.21 bits per heavy atom. The van der Waals surface area contributed by atoms with Crippen molar-refractivity contribution in [2.24, 2.45) is 23.3 Å². The molecule has 1 aromatic rings. The van der Waals surface area contributed by atoms with Crippen LogP contribution in [0, 0.1) is 11.8 Å². The number of phenols is 1. The Kier molecular flexibility index (Phi) is 3.91. The maximum absolute atomic E-state index is 13.1. The number of benzene rings is 1. The molecule has 1 amide bonds. The van der Waals surface area contributed by atoms with Gasteiger partial charge in [-0.05, 0) is 29.9 Å². The molecule has 3 aliphatic carbocycles. The second-order valence-electron chi connectivity index (χ2n) is 7.82. The van der Waals surface area contributed by atoms with E-state index in [-0.39, 0.29) is 29.2 Å².